The summed E-state index contributed by atoms with van der Waals surface area (Å²) in [5.41, 5.74) is 0.327. The molecule has 1 saturated heterocycles. The zero-order chi connectivity index (χ0) is 13.9. The van der Waals surface area contributed by atoms with E-state index in [4.69, 9.17) is 23.2 Å². The van der Waals surface area contributed by atoms with Crippen LogP contribution in [0.5, 0.6) is 0 Å². The minimum atomic E-state index is -0.326. The number of halogens is 2. The number of hydrogen-bond acceptors (Lipinski definition) is 2. The van der Waals surface area contributed by atoms with Crippen LogP contribution < -0.4 is 10.6 Å². The Morgan fingerprint density at radius 1 is 1.37 bits per heavy atom. The molecule has 1 fully saturated rings. The van der Waals surface area contributed by atoms with Crippen LogP contribution >= 0.6 is 23.2 Å². The molecule has 5 heteroatoms. The summed E-state index contributed by atoms with van der Waals surface area (Å²) in [5, 5.41) is 7.29. The van der Waals surface area contributed by atoms with E-state index in [-0.39, 0.29) is 11.3 Å². The molecule has 1 amide bonds. The summed E-state index contributed by atoms with van der Waals surface area (Å²) in [6, 6.07) is 5.08. The molecule has 104 valence electrons. The van der Waals surface area contributed by atoms with Gasteiger partial charge in [-0.1, -0.05) is 30.1 Å². The maximum Gasteiger partial charge on any atom is 0.231 e. The van der Waals surface area contributed by atoms with E-state index in [1.807, 2.05) is 0 Å². The fourth-order valence-corrected chi connectivity index (χ4v) is 3.04. The molecule has 1 atom stereocenters. The maximum absolute atomic E-state index is 12.5. The number of anilines is 1. The van der Waals surface area contributed by atoms with Crippen LogP contribution in [0, 0.1) is 5.41 Å². The van der Waals surface area contributed by atoms with Gasteiger partial charge in [-0.3, -0.25) is 4.79 Å². The molecule has 2 N–H and O–H groups in total. The Morgan fingerprint density at radius 3 is 2.58 bits per heavy atom. The van der Waals surface area contributed by atoms with Crippen molar-refractivity contribution in [2.24, 2.45) is 5.41 Å². The van der Waals surface area contributed by atoms with Crippen LogP contribution in [0.3, 0.4) is 0 Å². The lowest BCUT2D eigenvalue weighted by atomic mass is 9.77. The summed E-state index contributed by atoms with van der Waals surface area (Å²) >= 11 is 11.9. The standard InChI is InChI=1S/C14H18Cl2N2O/c1-2-14(4-3-5-17-9-14)13(19)18-12-7-10(15)6-11(16)8-12/h6-8,17H,2-5,9H2,1H3,(H,18,19). The summed E-state index contributed by atoms with van der Waals surface area (Å²) in [6.45, 7) is 3.76. The Bertz CT molecular complexity index is 450. The van der Waals surface area contributed by atoms with Gasteiger partial charge in [-0.2, -0.15) is 0 Å². The van der Waals surface area contributed by atoms with E-state index in [9.17, 15) is 4.79 Å². The molecule has 0 bridgehead atoms. The summed E-state index contributed by atoms with van der Waals surface area (Å²) in [6.07, 6.45) is 2.76. The number of carbonyl (C=O) groups is 1. The number of amides is 1. The highest BCUT2D eigenvalue weighted by Crippen LogP contribution is 2.32. The first-order valence-corrected chi connectivity index (χ1v) is 7.29. The van der Waals surface area contributed by atoms with Crippen LogP contribution in [0.4, 0.5) is 5.69 Å². The lowest BCUT2D eigenvalue weighted by molar-refractivity contribution is -0.126. The Kier molecular flexibility index (Phi) is 4.71. The molecule has 3 nitrogen and oxygen atoms in total. The number of benzene rings is 1. The van der Waals surface area contributed by atoms with Crippen molar-refractivity contribution >= 4 is 34.8 Å². The van der Waals surface area contributed by atoms with Crippen LogP contribution in [-0.2, 0) is 4.79 Å². The summed E-state index contributed by atoms with van der Waals surface area (Å²) in [5.74, 6) is 0.0422. The Balaban J connectivity index is 2.14. The van der Waals surface area contributed by atoms with Gasteiger partial charge in [0.05, 0.1) is 5.41 Å². The molecule has 0 aliphatic carbocycles. The fraction of sp³-hybridized carbons (Fsp3) is 0.500. The van der Waals surface area contributed by atoms with Crippen molar-refractivity contribution < 1.29 is 4.79 Å². The van der Waals surface area contributed by atoms with E-state index >= 15 is 0 Å². The average Bonchev–Trinajstić information content (AvgIpc) is 2.38. The van der Waals surface area contributed by atoms with Gasteiger partial charge in [-0.25, -0.2) is 0 Å². The lowest BCUT2D eigenvalue weighted by Crippen LogP contribution is -2.47. The highest BCUT2D eigenvalue weighted by atomic mass is 35.5. The van der Waals surface area contributed by atoms with Crippen LogP contribution in [-0.4, -0.2) is 19.0 Å². The number of piperidine rings is 1. The van der Waals surface area contributed by atoms with Crippen LogP contribution in [0.2, 0.25) is 10.0 Å². The molecule has 1 aliphatic heterocycles. The minimum absolute atomic E-state index is 0.0422. The SMILES string of the molecule is CCC1(C(=O)Nc2cc(Cl)cc(Cl)c2)CCCNC1. The highest BCUT2D eigenvalue weighted by Gasteiger charge is 2.37. The molecule has 1 heterocycles. The lowest BCUT2D eigenvalue weighted by Gasteiger charge is -2.35. The van der Waals surface area contributed by atoms with Crippen LogP contribution in [0.15, 0.2) is 18.2 Å². The van der Waals surface area contributed by atoms with Crippen LogP contribution in [0.1, 0.15) is 26.2 Å². The monoisotopic (exact) mass is 300 g/mol. The zero-order valence-corrected chi connectivity index (χ0v) is 12.4. The average molecular weight is 301 g/mol. The summed E-state index contributed by atoms with van der Waals surface area (Å²) in [4.78, 5) is 12.5. The molecular formula is C14H18Cl2N2O. The molecule has 1 aromatic rings. The predicted molar refractivity (Wildman–Crippen MR) is 79.9 cm³/mol. The largest absolute Gasteiger partial charge is 0.325 e. The van der Waals surface area contributed by atoms with Crippen LogP contribution in [0.25, 0.3) is 0 Å². The number of nitrogens with one attached hydrogen (secondary N) is 2. The van der Waals surface area contributed by atoms with Gasteiger partial charge >= 0.3 is 0 Å². The second-order valence-corrected chi connectivity index (χ2v) is 5.90. The first kappa shape index (κ1) is 14.6. The van der Waals surface area contributed by atoms with Gasteiger partial charge in [0.1, 0.15) is 0 Å². The smallest absolute Gasteiger partial charge is 0.231 e. The number of carbonyl (C=O) groups excluding carboxylic acids is 1. The van der Waals surface area contributed by atoms with Gasteiger partial charge < -0.3 is 10.6 Å². The minimum Gasteiger partial charge on any atom is -0.325 e. The predicted octanol–water partition coefficient (Wildman–Crippen LogP) is 3.71. The molecule has 0 radical (unpaired) electrons. The van der Waals surface area contributed by atoms with Gasteiger partial charge in [-0.15, -0.1) is 0 Å². The third-order valence-electron chi connectivity index (χ3n) is 3.75. The van der Waals surface area contributed by atoms with Crippen molar-refractivity contribution in [3.8, 4) is 0 Å². The molecule has 0 saturated carbocycles. The zero-order valence-electron chi connectivity index (χ0n) is 10.9. The topological polar surface area (TPSA) is 41.1 Å². The van der Waals surface area contributed by atoms with E-state index in [1.54, 1.807) is 18.2 Å². The molecular weight excluding hydrogens is 283 g/mol. The van der Waals surface area contributed by atoms with Gasteiger partial charge in [0.25, 0.3) is 0 Å². The van der Waals surface area contributed by atoms with Gasteiger partial charge in [0.15, 0.2) is 0 Å². The Morgan fingerprint density at radius 2 is 2.05 bits per heavy atom. The normalized spacial score (nSPS) is 23.1. The number of hydrogen-bond donors (Lipinski definition) is 2. The molecule has 0 spiro atoms. The van der Waals surface area contributed by atoms with Crippen molar-refractivity contribution in [1.82, 2.24) is 5.32 Å². The van der Waals surface area contributed by atoms with Crippen molar-refractivity contribution in [3.63, 3.8) is 0 Å². The van der Waals surface area contributed by atoms with Gasteiger partial charge in [0.2, 0.25) is 5.91 Å². The van der Waals surface area contributed by atoms with Crippen molar-refractivity contribution in [1.29, 1.82) is 0 Å². The molecule has 0 aromatic heterocycles. The van der Waals surface area contributed by atoms with Crippen molar-refractivity contribution in [2.45, 2.75) is 26.2 Å². The Hall–Kier alpha value is -0.770. The van der Waals surface area contributed by atoms with Gasteiger partial charge in [-0.05, 0) is 44.0 Å². The molecule has 1 unspecified atom stereocenters. The highest BCUT2D eigenvalue weighted by molar-refractivity contribution is 6.35. The van der Waals surface area contributed by atoms with Gasteiger partial charge in [0, 0.05) is 22.3 Å². The van der Waals surface area contributed by atoms with E-state index in [0.717, 1.165) is 32.4 Å². The first-order chi connectivity index (χ1) is 9.05. The third-order valence-corrected chi connectivity index (χ3v) is 4.19. The second kappa shape index (κ2) is 6.12. The third kappa shape index (κ3) is 3.41. The Labute approximate surface area is 123 Å². The molecule has 1 aromatic carbocycles. The van der Waals surface area contributed by atoms with E-state index in [2.05, 4.69) is 17.6 Å². The first-order valence-electron chi connectivity index (χ1n) is 6.54. The number of rotatable bonds is 3. The fourth-order valence-electron chi connectivity index (χ4n) is 2.51. The molecule has 19 heavy (non-hydrogen) atoms. The second-order valence-electron chi connectivity index (χ2n) is 5.03. The van der Waals surface area contributed by atoms with E-state index in [0.29, 0.717) is 15.7 Å². The van der Waals surface area contributed by atoms with E-state index < -0.39 is 0 Å². The summed E-state index contributed by atoms with van der Waals surface area (Å²) < 4.78 is 0. The maximum atomic E-state index is 12.5. The summed E-state index contributed by atoms with van der Waals surface area (Å²) in [7, 11) is 0. The van der Waals surface area contributed by atoms with Crippen molar-refractivity contribution in [2.75, 3.05) is 18.4 Å². The molecule has 1 aliphatic rings. The molecule has 2 rings (SSSR count). The quantitative estimate of drug-likeness (QED) is 0.893. The van der Waals surface area contributed by atoms with E-state index in [1.165, 1.54) is 0 Å². The van der Waals surface area contributed by atoms with Crippen molar-refractivity contribution in [3.05, 3.63) is 28.2 Å².